The topological polar surface area (TPSA) is 70.2 Å². The maximum Gasteiger partial charge on any atom is 0.490 e. The average molecular weight is 573 g/mol. The minimum absolute atomic E-state index is 0.0346. The second-order valence-electron chi connectivity index (χ2n) is 12.7. The van der Waals surface area contributed by atoms with Crippen molar-refractivity contribution in [3.05, 3.63) is 0 Å². The Morgan fingerprint density at radius 1 is 0.455 bits per heavy atom. The summed E-state index contributed by atoms with van der Waals surface area (Å²) in [6.45, 7) is 30.9. The molecule has 13 heteroatoms. The predicted molar refractivity (Wildman–Crippen MR) is 157 cm³/mol. The molecule has 0 amide bonds. The van der Waals surface area contributed by atoms with Crippen LogP contribution in [0.2, 0.25) is 78.6 Å². The van der Waals surface area contributed by atoms with Crippen molar-refractivity contribution in [2.24, 2.45) is 0 Å². The first-order chi connectivity index (χ1) is 14.6. The van der Waals surface area contributed by atoms with Crippen LogP contribution in [-0.4, -0.2) is 76.3 Å². The van der Waals surface area contributed by atoms with Crippen molar-refractivity contribution in [1.82, 2.24) is 10.6 Å². The molecule has 0 aromatic heterocycles. The van der Waals surface area contributed by atoms with Crippen LogP contribution in [0.3, 0.4) is 0 Å². The molecule has 0 rings (SSSR count). The molecule has 0 aliphatic rings. The molecule has 2 atom stereocenters. The summed E-state index contributed by atoms with van der Waals surface area (Å²) in [6.07, 6.45) is 1.69. The summed E-state index contributed by atoms with van der Waals surface area (Å²) >= 11 is 0. The van der Waals surface area contributed by atoms with E-state index >= 15 is 0 Å². The molecule has 0 fully saturated rings. The smallest absolute Gasteiger partial charge is 0.416 e. The number of hydrogen-bond donors (Lipinski definition) is 2. The molecule has 2 unspecified atom stereocenters. The molecule has 200 valence electrons. The standard InChI is InChI=1S/C20H56N2O5Si6/c1-17-19(21-3)32(23-28(5,6)7,24-29(8,9)10)27-33(20(18-2)22-4,25-30(11,12)13)26-31(14,15)16/h19-22H,17-18H2,1-16H3. The van der Waals surface area contributed by atoms with E-state index in [0.717, 1.165) is 12.8 Å². The van der Waals surface area contributed by atoms with Crippen LogP contribution in [0.1, 0.15) is 26.7 Å². The molecule has 0 saturated heterocycles. The third-order valence-electron chi connectivity index (χ3n) is 4.45. The van der Waals surface area contributed by atoms with Gasteiger partial charge in [-0.1, -0.05) is 13.8 Å². The van der Waals surface area contributed by atoms with E-state index in [4.69, 9.17) is 20.6 Å². The monoisotopic (exact) mass is 572 g/mol. The van der Waals surface area contributed by atoms with Crippen LogP contribution in [0.4, 0.5) is 0 Å². The van der Waals surface area contributed by atoms with E-state index in [0.29, 0.717) is 0 Å². The van der Waals surface area contributed by atoms with Crippen molar-refractivity contribution in [3.63, 3.8) is 0 Å². The zero-order chi connectivity index (χ0) is 26.5. The first kappa shape index (κ1) is 34.0. The van der Waals surface area contributed by atoms with Gasteiger partial charge in [0.15, 0.2) is 33.3 Å². The molecule has 0 spiro atoms. The summed E-state index contributed by atoms with van der Waals surface area (Å²) < 4.78 is 35.6. The van der Waals surface area contributed by atoms with E-state index in [-0.39, 0.29) is 11.3 Å². The van der Waals surface area contributed by atoms with E-state index in [1.54, 1.807) is 0 Å². The molecular formula is C20H56N2O5Si6. The molecule has 33 heavy (non-hydrogen) atoms. The highest BCUT2D eigenvalue weighted by molar-refractivity contribution is 6.93. The maximum absolute atomic E-state index is 7.42. The Hall–Kier alpha value is 1.02. The van der Waals surface area contributed by atoms with Gasteiger partial charge in [0.25, 0.3) is 0 Å². The molecule has 0 aromatic carbocycles. The summed E-state index contributed by atoms with van der Waals surface area (Å²) in [5.41, 5.74) is -0.0692. The Morgan fingerprint density at radius 2 is 0.667 bits per heavy atom. The SMILES string of the molecule is CCC(NC)[Si](O[Si](C)(C)C)(O[Si](C)(C)C)O[Si](O[Si](C)(C)C)(O[Si](C)(C)C)C(CC)NC. The quantitative estimate of drug-likeness (QED) is 0.241. The van der Waals surface area contributed by atoms with Crippen molar-refractivity contribution in [3.8, 4) is 0 Å². The minimum Gasteiger partial charge on any atom is -0.416 e. The Morgan fingerprint density at radius 3 is 0.788 bits per heavy atom. The fraction of sp³-hybridized carbons (Fsp3) is 1.00. The van der Waals surface area contributed by atoms with Gasteiger partial charge >= 0.3 is 17.6 Å². The molecule has 0 bridgehead atoms. The second-order valence-corrected chi connectivity index (χ2v) is 37.5. The molecule has 0 heterocycles. The Balaban J connectivity index is 7.22. The average Bonchev–Trinajstić information content (AvgIpc) is 2.49. The van der Waals surface area contributed by atoms with E-state index in [9.17, 15) is 0 Å². The van der Waals surface area contributed by atoms with Crippen molar-refractivity contribution in [2.45, 2.75) is 117 Å². The molecule has 2 N–H and O–H groups in total. The molecule has 0 radical (unpaired) electrons. The highest BCUT2D eigenvalue weighted by Gasteiger charge is 2.64. The Bertz CT molecular complexity index is 497. The fourth-order valence-electron chi connectivity index (χ4n) is 3.72. The van der Waals surface area contributed by atoms with Gasteiger partial charge in [0.2, 0.25) is 0 Å². The molecule has 0 aromatic rings. The largest absolute Gasteiger partial charge is 0.490 e. The van der Waals surface area contributed by atoms with Crippen LogP contribution in [0.25, 0.3) is 0 Å². The summed E-state index contributed by atoms with van der Waals surface area (Å²) in [4.78, 5) is 0. The lowest BCUT2D eigenvalue weighted by Crippen LogP contribution is -2.77. The van der Waals surface area contributed by atoms with E-state index in [1.165, 1.54) is 0 Å². The lowest BCUT2D eigenvalue weighted by Gasteiger charge is -2.51. The molecule has 0 aliphatic carbocycles. The molecule has 7 nitrogen and oxygen atoms in total. The Labute approximate surface area is 212 Å². The summed E-state index contributed by atoms with van der Waals surface area (Å²) in [5.74, 6) is 0. The van der Waals surface area contributed by atoms with Crippen LogP contribution in [0.15, 0.2) is 0 Å². The zero-order valence-corrected chi connectivity index (χ0v) is 30.6. The van der Waals surface area contributed by atoms with Gasteiger partial charge in [0.05, 0.1) is 11.3 Å². The number of nitrogens with one attached hydrogen (secondary N) is 2. The summed E-state index contributed by atoms with van der Waals surface area (Å²) in [5, 5.41) is 7.01. The van der Waals surface area contributed by atoms with Gasteiger partial charge in [-0.2, -0.15) is 0 Å². The molecular weight excluding hydrogens is 517 g/mol. The van der Waals surface area contributed by atoms with Crippen molar-refractivity contribution in [1.29, 1.82) is 0 Å². The fourth-order valence-corrected chi connectivity index (χ4v) is 27.3. The van der Waals surface area contributed by atoms with Gasteiger partial charge in [-0.3, -0.25) is 0 Å². The minimum atomic E-state index is -3.30. The summed E-state index contributed by atoms with van der Waals surface area (Å²) in [6, 6.07) is 0. The Kier molecular flexibility index (Phi) is 12.9. The predicted octanol–water partition coefficient (Wildman–Crippen LogP) is 5.36. The maximum atomic E-state index is 7.42. The second kappa shape index (κ2) is 12.5. The van der Waals surface area contributed by atoms with Crippen molar-refractivity contribution >= 4 is 50.9 Å². The van der Waals surface area contributed by atoms with Crippen LogP contribution < -0.4 is 10.6 Å². The van der Waals surface area contributed by atoms with Gasteiger partial charge in [-0.15, -0.1) is 0 Å². The van der Waals surface area contributed by atoms with Gasteiger partial charge in [0.1, 0.15) is 0 Å². The number of rotatable bonds is 16. The van der Waals surface area contributed by atoms with Crippen LogP contribution in [-0.2, 0) is 20.6 Å². The number of hydrogen-bond acceptors (Lipinski definition) is 7. The van der Waals surface area contributed by atoms with Gasteiger partial charge in [-0.05, 0) is 106 Å². The lowest BCUT2D eigenvalue weighted by atomic mass is 10.5. The normalized spacial score (nSPS) is 16.7. The first-order valence-corrected chi connectivity index (χ1v) is 29.7. The van der Waals surface area contributed by atoms with Crippen LogP contribution in [0.5, 0.6) is 0 Å². The van der Waals surface area contributed by atoms with Crippen molar-refractivity contribution in [2.75, 3.05) is 14.1 Å². The van der Waals surface area contributed by atoms with Crippen molar-refractivity contribution < 1.29 is 20.6 Å². The summed E-state index contributed by atoms with van der Waals surface area (Å²) in [7, 11) is -10.8. The first-order valence-electron chi connectivity index (χ1n) is 12.4. The van der Waals surface area contributed by atoms with Crippen LogP contribution in [0, 0.1) is 0 Å². The van der Waals surface area contributed by atoms with E-state index < -0.39 is 50.9 Å². The van der Waals surface area contributed by atoms with Gasteiger partial charge in [0, 0.05) is 0 Å². The van der Waals surface area contributed by atoms with E-state index in [1.807, 2.05) is 14.1 Å². The third-order valence-corrected chi connectivity index (χ3v) is 24.2. The molecule has 0 saturated carbocycles. The van der Waals surface area contributed by atoms with Gasteiger partial charge < -0.3 is 31.2 Å². The zero-order valence-electron chi connectivity index (χ0n) is 24.6. The highest BCUT2D eigenvalue weighted by atomic mass is 28.5. The van der Waals surface area contributed by atoms with E-state index in [2.05, 4.69) is 103 Å². The lowest BCUT2D eigenvalue weighted by molar-refractivity contribution is 0.148. The van der Waals surface area contributed by atoms with Gasteiger partial charge in [-0.25, -0.2) is 0 Å². The molecule has 0 aliphatic heterocycles. The third kappa shape index (κ3) is 12.2. The highest BCUT2D eigenvalue weighted by Crippen LogP contribution is 2.35. The van der Waals surface area contributed by atoms with Crippen LogP contribution >= 0.6 is 0 Å².